The highest BCUT2D eigenvalue weighted by Gasteiger charge is 2.57. The highest BCUT2D eigenvalue weighted by Crippen LogP contribution is 2.64. The molecule has 0 saturated heterocycles. The van der Waals surface area contributed by atoms with Gasteiger partial charge in [-0.15, -0.1) is 0 Å². The molecule has 1 heteroatoms. The van der Waals surface area contributed by atoms with Gasteiger partial charge in [0.2, 0.25) is 0 Å². The van der Waals surface area contributed by atoms with Crippen LogP contribution in [-0.4, -0.2) is 4.98 Å². The molecule has 1 heterocycles. The van der Waals surface area contributed by atoms with E-state index in [1.807, 2.05) is 0 Å². The van der Waals surface area contributed by atoms with Crippen molar-refractivity contribution >= 4 is 0 Å². The molecule has 0 aliphatic heterocycles. The van der Waals surface area contributed by atoms with Crippen LogP contribution in [0, 0.1) is 12.8 Å². The third kappa shape index (κ3) is 1.37. The van der Waals surface area contributed by atoms with Gasteiger partial charge in [-0.2, -0.15) is 0 Å². The lowest BCUT2D eigenvalue weighted by Crippen LogP contribution is -2.55. The van der Waals surface area contributed by atoms with E-state index in [1.165, 1.54) is 36.0 Å². The fourth-order valence-electron chi connectivity index (χ4n) is 3.51. The van der Waals surface area contributed by atoms with Gasteiger partial charge in [0, 0.05) is 11.8 Å². The van der Waals surface area contributed by atoms with Crippen LogP contribution in [0.5, 0.6) is 0 Å². The molecule has 0 atom stereocenters. The average Bonchev–Trinajstić information content (AvgIpc) is 2.26. The molecule has 3 aliphatic carbocycles. The van der Waals surface area contributed by atoms with E-state index in [4.69, 9.17) is 0 Å². The molecule has 0 amide bonds. The number of nitrogens with zero attached hydrogens (tertiary/aromatic N) is 1. The van der Waals surface area contributed by atoms with E-state index >= 15 is 0 Å². The van der Waals surface area contributed by atoms with Crippen molar-refractivity contribution in [2.24, 2.45) is 5.92 Å². The first-order valence-corrected chi connectivity index (χ1v) is 6.79. The van der Waals surface area contributed by atoms with Gasteiger partial charge in [-0.1, -0.05) is 29.8 Å². The first kappa shape index (κ1) is 10.3. The quantitative estimate of drug-likeness (QED) is 0.763. The van der Waals surface area contributed by atoms with Crippen LogP contribution in [-0.2, 0) is 5.41 Å². The molecular formula is C17H17N. The van der Waals surface area contributed by atoms with E-state index in [0.29, 0.717) is 5.41 Å². The zero-order chi connectivity index (χ0) is 12.2. The van der Waals surface area contributed by atoms with Crippen LogP contribution >= 0.6 is 0 Å². The second kappa shape index (κ2) is 3.44. The Hall–Kier alpha value is -1.63. The summed E-state index contributed by atoms with van der Waals surface area (Å²) in [5, 5.41) is 0. The topological polar surface area (TPSA) is 12.9 Å². The summed E-state index contributed by atoms with van der Waals surface area (Å²) in [4.78, 5) is 4.66. The third-order valence-corrected chi connectivity index (χ3v) is 4.73. The molecule has 3 aliphatic rings. The lowest BCUT2D eigenvalue weighted by molar-refractivity contribution is -0.0276. The van der Waals surface area contributed by atoms with Gasteiger partial charge < -0.3 is 0 Å². The lowest BCUT2D eigenvalue weighted by Gasteiger charge is -2.62. The number of pyridine rings is 1. The third-order valence-electron chi connectivity index (χ3n) is 4.73. The molecule has 18 heavy (non-hydrogen) atoms. The predicted octanol–water partition coefficient (Wildman–Crippen LogP) is 4.11. The van der Waals surface area contributed by atoms with Gasteiger partial charge >= 0.3 is 0 Å². The van der Waals surface area contributed by atoms with Crippen molar-refractivity contribution in [2.75, 3.05) is 0 Å². The molecule has 5 rings (SSSR count). The van der Waals surface area contributed by atoms with Crippen LogP contribution < -0.4 is 0 Å². The van der Waals surface area contributed by atoms with Crippen molar-refractivity contribution in [3.05, 3.63) is 53.7 Å². The number of aromatic nitrogens is 1. The first-order chi connectivity index (χ1) is 8.75. The Labute approximate surface area is 108 Å². The maximum Gasteiger partial charge on any atom is 0.0702 e. The number of benzene rings is 1. The van der Waals surface area contributed by atoms with Crippen molar-refractivity contribution < 1.29 is 0 Å². The van der Waals surface area contributed by atoms with E-state index in [1.54, 1.807) is 0 Å². The molecule has 0 N–H and O–H groups in total. The van der Waals surface area contributed by atoms with E-state index in [-0.39, 0.29) is 0 Å². The molecule has 0 spiro atoms. The Morgan fingerprint density at radius 2 is 1.94 bits per heavy atom. The minimum absolute atomic E-state index is 0.531. The molecule has 0 unspecified atom stereocenters. The summed E-state index contributed by atoms with van der Waals surface area (Å²) < 4.78 is 0. The molecule has 2 bridgehead atoms. The Bertz CT molecular complexity index is 580. The van der Waals surface area contributed by atoms with Gasteiger partial charge in [0.05, 0.1) is 5.69 Å². The largest absolute Gasteiger partial charge is 0.256 e. The van der Waals surface area contributed by atoms with Crippen molar-refractivity contribution in [3.8, 4) is 11.3 Å². The van der Waals surface area contributed by atoms with Crippen molar-refractivity contribution in [1.82, 2.24) is 4.98 Å². The number of hydrogen-bond donors (Lipinski definition) is 0. The van der Waals surface area contributed by atoms with Crippen LogP contribution in [0.25, 0.3) is 11.3 Å². The lowest BCUT2D eigenvalue weighted by atomic mass is 9.42. The van der Waals surface area contributed by atoms with E-state index in [0.717, 1.165) is 11.6 Å². The highest BCUT2D eigenvalue weighted by molar-refractivity contribution is 5.60. The van der Waals surface area contributed by atoms with Gasteiger partial charge in [-0.25, -0.2) is 0 Å². The minimum Gasteiger partial charge on any atom is -0.256 e. The first-order valence-electron chi connectivity index (χ1n) is 6.79. The molecule has 3 saturated carbocycles. The van der Waals surface area contributed by atoms with Gasteiger partial charge in [0.1, 0.15) is 0 Å². The minimum atomic E-state index is 0.531. The highest BCUT2D eigenvalue weighted by atomic mass is 14.7. The Morgan fingerprint density at radius 3 is 2.50 bits per heavy atom. The van der Waals surface area contributed by atoms with Crippen LogP contribution in [0.15, 0.2) is 42.6 Å². The van der Waals surface area contributed by atoms with Crippen LogP contribution in [0.3, 0.4) is 0 Å². The summed E-state index contributed by atoms with van der Waals surface area (Å²) in [6, 6.07) is 13.0. The van der Waals surface area contributed by atoms with E-state index in [9.17, 15) is 0 Å². The van der Waals surface area contributed by atoms with Crippen molar-refractivity contribution in [2.45, 2.75) is 31.6 Å². The Kier molecular flexibility index (Phi) is 1.97. The maximum atomic E-state index is 4.66. The van der Waals surface area contributed by atoms with Gasteiger partial charge in [0.25, 0.3) is 0 Å². The van der Waals surface area contributed by atoms with E-state index < -0.39 is 0 Å². The van der Waals surface area contributed by atoms with Crippen LogP contribution in [0.4, 0.5) is 0 Å². The Morgan fingerprint density at radius 1 is 1.11 bits per heavy atom. The summed E-state index contributed by atoms with van der Waals surface area (Å²) >= 11 is 0. The normalized spacial score (nSPS) is 28.4. The summed E-state index contributed by atoms with van der Waals surface area (Å²) in [5.74, 6) is 1.03. The smallest absolute Gasteiger partial charge is 0.0702 e. The fraction of sp³-hybridized carbons (Fsp3) is 0.353. The number of hydrogen-bond acceptors (Lipinski definition) is 1. The molecule has 1 aromatic carbocycles. The molecule has 2 aromatic rings. The SMILES string of the molecule is Cc1cccc(-c2ccc(C34CC(C3)C4)cn2)c1. The maximum absolute atomic E-state index is 4.66. The summed E-state index contributed by atoms with van der Waals surface area (Å²) in [6.07, 6.45) is 6.31. The molecule has 3 fully saturated rings. The van der Waals surface area contributed by atoms with Crippen LogP contribution in [0.2, 0.25) is 0 Å². The molecular weight excluding hydrogens is 218 g/mol. The Balaban J connectivity index is 1.67. The number of aryl methyl sites for hydroxylation is 1. The van der Waals surface area contributed by atoms with Gasteiger partial charge in [-0.05, 0) is 55.2 Å². The standard InChI is InChI=1S/C17H17N/c1-12-3-2-4-14(7-12)16-6-5-15(11-18-16)17-8-13(9-17)10-17/h2-7,11,13H,8-10H2,1H3. The van der Waals surface area contributed by atoms with E-state index in [2.05, 4.69) is 54.5 Å². The number of rotatable bonds is 2. The van der Waals surface area contributed by atoms with Crippen LogP contribution in [0.1, 0.15) is 30.4 Å². The molecule has 1 aromatic heterocycles. The summed E-state index contributed by atoms with van der Waals surface area (Å²) in [5.41, 5.74) is 5.59. The average molecular weight is 235 g/mol. The summed E-state index contributed by atoms with van der Waals surface area (Å²) in [7, 11) is 0. The van der Waals surface area contributed by atoms with Gasteiger partial charge in [0.15, 0.2) is 0 Å². The summed E-state index contributed by atoms with van der Waals surface area (Å²) in [6.45, 7) is 2.12. The molecule has 90 valence electrons. The zero-order valence-electron chi connectivity index (χ0n) is 10.7. The predicted molar refractivity (Wildman–Crippen MR) is 73.4 cm³/mol. The van der Waals surface area contributed by atoms with Gasteiger partial charge in [-0.3, -0.25) is 4.98 Å². The fourth-order valence-corrected chi connectivity index (χ4v) is 3.51. The monoisotopic (exact) mass is 235 g/mol. The molecule has 0 radical (unpaired) electrons. The van der Waals surface area contributed by atoms with Crippen molar-refractivity contribution in [3.63, 3.8) is 0 Å². The second-order valence-corrected chi connectivity index (χ2v) is 6.06. The van der Waals surface area contributed by atoms with Crippen molar-refractivity contribution in [1.29, 1.82) is 0 Å². The second-order valence-electron chi connectivity index (χ2n) is 6.06. The molecule has 1 nitrogen and oxygen atoms in total. The zero-order valence-corrected chi connectivity index (χ0v) is 10.7.